The zero-order valence-electron chi connectivity index (χ0n) is 9.56. The Morgan fingerprint density at radius 3 is 3.00 bits per heavy atom. The van der Waals surface area contributed by atoms with E-state index in [2.05, 4.69) is 4.98 Å². The van der Waals surface area contributed by atoms with Crippen molar-refractivity contribution in [3.05, 3.63) is 52.8 Å². The lowest BCUT2D eigenvalue weighted by atomic mass is 10.1. The predicted molar refractivity (Wildman–Crippen MR) is 70.5 cm³/mol. The molecule has 0 aliphatic carbocycles. The summed E-state index contributed by atoms with van der Waals surface area (Å²) < 4.78 is 15.2. The van der Waals surface area contributed by atoms with Crippen molar-refractivity contribution in [3.8, 4) is 0 Å². The van der Waals surface area contributed by atoms with Crippen molar-refractivity contribution in [2.24, 2.45) is 0 Å². The number of aromatic nitrogens is 2. The maximum absolute atomic E-state index is 13.8. The van der Waals surface area contributed by atoms with Gasteiger partial charge in [0.25, 0.3) is 5.24 Å². The number of carbonyl (C=O) groups excluding carboxylic acids is 1. The van der Waals surface area contributed by atoms with E-state index < -0.39 is 0 Å². The predicted octanol–water partition coefficient (Wildman–Crippen LogP) is 3.89. The van der Waals surface area contributed by atoms with Gasteiger partial charge in [-0.2, -0.15) is 0 Å². The normalized spacial score (nSPS) is 10.6. The van der Waals surface area contributed by atoms with Crippen molar-refractivity contribution >= 4 is 28.6 Å². The monoisotopic (exact) mass is 284 g/mol. The maximum Gasteiger partial charge on any atom is 0.291 e. The van der Waals surface area contributed by atoms with Gasteiger partial charge in [0, 0.05) is 28.7 Å². The summed E-state index contributed by atoms with van der Waals surface area (Å²) in [5.41, 5.74) is 0.875. The first kappa shape index (κ1) is 13.1. The van der Waals surface area contributed by atoms with E-state index in [0.717, 1.165) is 11.8 Å². The summed E-state index contributed by atoms with van der Waals surface area (Å²) >= 11 is 6.91. The topological polar surface area (TPSA) is 34.9 Å². The molecule has 0 bridgehead atoms. The van der Waals surface area contributed by atoms with Crippen molar-refractivity contribution in [2.75, 3.05) is 0 Å². The molecule has 1 aromatic heterocycles. The molecule has 3 nitrogen and oxygen atoms in total. The summed E-state index contributed by atoms with van der Waals surface area (Å²) in [5.74, 6) is -0.156. The number of aryl methyl sites for hydroxylation is 1. The molecule has 1 heterocycles. The van der Waals surface area contributed by atoms with Crippen LogP contribution >= 0.6 is 23.4 Å². The fourth-order valence-electron chi connectivity index (χ4n) is 1.42. The van der Waals surface area contributed by atoms with E-state index in [1.54, 1.807) is 25.3 Å². The minimum absolute atomic E-state index is 0.198. The van der Waals surface area contributed by atoms with Gasteiger partial charge in [0.2, 0.25) is 0 Å². The van der Waals surface area contributed by atoms with Gasteiger partial charge >= 0.3 is 0 Å². The Balaban J connectivity index is 2.11. The highest BCUT2D eigenvalue weighted by molar-refractivity contribution is 8.12. The minimum atomic E-state index is -0.353. The molecule has 0 fully saturated rings. The van der Waals surface area contributed by atoms with Gasteiger partial charge in [-0.3, -0.25) is 9.36 Å². The Hall–Kier alpha value is -1.33. The number of hydrogen-bond acceptors (Lipinski definition) is 3. The molecule has 0 aliphatic heterocycles. The molecule has 0 radical (unpaired) electrons. The van der Waals surface area contributed by atoms with Crippen molar-refractivity contribution in [3.63, 3.8) is 0 Å². The number of benzene rings is 1. The van der Waals surface area contributed by atoms with Crippen LogP contribution in [0.1, 0.15) is 11.1 Å². The quantitative estimate of drug-likeness (QED) is 0.839. The SMILES string of the molecule is Cc1ccc(Cl)c(CSC(=O)n2ccnc2)c1F. The molecule has 0 amide bonds. The molecule has 0 aliphatic rings. The first-order valence-electron chi connectivity index (χ1n) is 5.18. The van der Waals surface area contributed by atoms with Crippen LogP contribution in [-0.2, 0) is 5.75 Å². The van der Waals surface area contributed by atoms with Crippen LogP contribution in [0.4, 0.5) is 9.18 Å². The second kappa shape index (κ2) is 5.54. The molecule has 0 atom stereocenters. The Morgan fingerprint density at radius 2 is 2.33 bits per heavy atom. The number of hydrogen-bond donors (Lipinski definition) is 0. The fourth-order valence-corrected chi connectivity index (χ4v) is 2.52. The van der Waals surface area contributed by atoms with Gasteiger partial charge in [-0.25, -0.2) is 9.37 Å². The van der Waals surface area contributed by atoms with E-state index in [1.807, 2.05) is 0 Å². The van der Waals surface area contributed by atoms with Gasteiger partial charge < -0.3 is 0 Å². The smallest absolute Gasteiger partial charge is 0.267 e. The van der Waals surface area contributed by atoms with Crippen LogP contribution in [-0.4, -0.2) is 14.8 Å². The largest absolute Gasteiger partial charge is 0.291 e. The molecule has 0 saturated heterocycles. The Bertz CT molecular complexity index is 572. The Kier molecular flexibility index (Phi) is 4.04. The molecule has 18 heavy (non-hydrogen) atoms. The molecule has 2 rings (SSSR count). The summed E-state index contributed by atoms with van der Waals surface area (Å²) in [6.07, 6.45) is 4.46. The van der Waals surface area contributed by atoms with Crippen molar-refractivity contribution < 1.29 is 9.18 Å². The standard InChI is InChI=1S/C12H10ClFN2OS/c1-8-2-3-10(13)9(11(8)14)6-18-12(17)16-5-4-15-7-16/h2-5,7H,6H2,1H3. The summed E-state index contributed by atoms with van der Waals surface area (Å²) in [5, 5.41) is 0.119. The molecule has 1 aromatic carbocycles. The molecule has 94 valence electrons. The van der Waals surface area contributed by atoms with E-state index in [0.29, 0.717) is 16.1 Å². The summed E-state index contributed by atoms with van der Waals surface area (Å²) in [6, 6.07) is 3.25. The van der Waals surface area contributed by atoms with Crippen LogP contribution < -0.4 is 0 Å². The number of nitrogens with zero attached hydrogens (tertiary/aromatic N) is 2. The zero-order chi connectivity index (χ0) is 13.1. The Morgan fingerprint density at radius 1 is 1.56 bits per heavy atom. The van der Waals surface area contributed by atoms with Crippen molar-refractivity contribution in [1.82, 2.24) is 9.55 Å². The van der Waals surface area contributed by atoms with Gasteiger partial charge in [-0.1, -0.05) is 29.4 Å². The zero-order valence-corrected chi connectivity index (χ0v) is 11.1. The maximum atomic E-state index is 13.8. The first-order valence-corrected chi connectivity index (χ1v) is 6.54. The number of halogens is 2. The summed E-state index contributed by atoms with van der Waals surface area (Å²) in [6.45, 7) is 1.66. The van der Waals surface area contributed by atoms with E-state index >= 15 is 0 Å². The number of imidazole rings is 1. The number of thioether (sulfide) groups is 1. The molecular weight excluding hydrogens is 275 g/mol. The second-order valence-electron chi connectivity index (χ2n) is 3.68. The van der Waals surface area contributed by atoms with E-state index in [9.17, 15) is 9.18 Å². The lowest BCUT2D eigenvalue weighted by Crippen LogP contribution is -2.03. The number of carbonyl (C=O) groups is 1. The average molecular weight is 285 g/mol. The third-order valence-electron chi connectivity index (χ3n) is 2.43. The number of rotatable bonds is 2. The van der Waals surface area contributed by atoms with Crippen LogP contribution in [0.5, 0.6) is 0 Å². The molecular formula is C12H10ClFN2OS. The van der Waals surface area contributed by atoms with Gasteiger partial charge in [-0.05, 0) is 18.6 Å². The van der Waals surface area contributed by atoms with Gasteiger partial charge in [0.05, 0.1) is 0 Å². The van der Waals surface area contributed by atoms with Crippen LogP contribution in [0.15, 0.2) is 30.9 Å². The fraction of sp³-hybridized carbons (Fsp3) is 0.167. The third kappa shape index (κ3) is 2.73. The highest BCUT2D eigenvalue weighted by Gasteiger charge is 2.13. The average Bonchev–Trinajstić information content (AvgIpc) is 2.87. The van der Waals surface area contributed by atoms with Crippen LogP contribution in [0.25, 0.3) is 0 Å². The van der Waals surface area contributed by atoms with E-state index in [4.69, 9.17) is 11.6 Å². The highest BCUT2D eigenvalue weighted by atomic mass is 35.5. The molecule has 0 N–H and O–H groups in total. The van der Waals surface area contributed by atoms with Crippen LogP contribution in [0.2, 0.25) is 5.02 Å². The second-order valence-corrected chi connectivity index (χ2v) is 5.02. The van der Waals surface area contributed by atoms with Crippen LogP contribution in [0, 0.1) is 12.7 Å². The minimum Gasteiger partial charge on any atom is -0.267 e. The van der Waals surface area contributed by atoms with Crippen molar-refractivity contribution in [1.29, 1.82) is 0 Å². The summed E-state index contributed by atoms with van der Waals surface area (Å²) in [4.78, 5) is 15.5. The molecule has 0 unspecified atom stereocenters. The Labute approximate surface area is 113 Å². The van der Waals surface area contributed by atoms with Crippen LogP contribution in [0.3, 0.4) is 0 Å². The molecule has 6 heteroatoms. The van der Waals surface area contributed by atoms with E-state index in [-0.39, 0.29) is 16.8 Å². The van der Waals surface area contributed by atoms with Gasteiger partial charge in [-0.15, -0.1) is 0 Å². The molecule has 0 spiro atoms. The summed E-state index contributed by atoms with van der Waals surface area (Å²) in [7, 11) is 0. The van der Waals surface area contributed by atoms with Gasteiger partial charge in [0.1, 0.15) is 12.1 Å². The molecule has 2 aromatic rings. The lowest BCUT2D eigenvalue weighted by molar-refractivity contribution is 0.262. The lowest BCUT2D eigenvalue weighted by Gasteiger charge is -2.07. The first-order chi connectivity index (χ1) is 8.59. The highest BCUT2D eigenvalue weighted by Crippen LogP contribution is 2.26. The van der Waals surface area contributed by atoms with Gasteiger partial charge in [0.15, 0.2) is 0 Å². The third-order valence-corrected chi connectivity index (χ3v) is 3.68. The van der Waals surface area contributed by atoms with Crippen molar-refractivity contribution in [2.45, 2.75) is 12.7 Å². The van der Waals surface area contributed by atoms with E-state index in [1.165, 1.54) is 17.1 Å². The molecule has 0 saturated carbocycles.